The lowest BCUT2D eigenvalue weighted by atomic mass is 10.0. The summed E-state index contributed by atoms with van der Waals surface area (Å²) in [4.78, 5) is 4.81. The van der Waals surface area contributed by atoms with Crippen LogP contribution in [-0.2, 0) is 0 Å². The molecule has 4 aromatic rings. The molecule has 0 aliphatic heterocycles. The maximum absolute atomic E-state index is 6.38. The van der Waals surface area contributed by atoms with Crippen LogP contribution in [0.5, 0.6) is 0 Å². The van der Waals surface area contributed by atoms with Gasteiger partial charge in [-0.05, 0) is 35.9 Å². The molecule has 4 heteroatoms. The van der Waals surface area contributed by atoms with Crippen molar-refractivity contribution in [3.8, 4) is 0 Å². The molecule has 25 heavy (non-hydrogen) atoms. The minimum absolute atomic E-state index is 0.627. The zero-order valence-electron chi connectivity index (χ0n) is 13.1. The van der Waals surface area contributed by atoms with Gasteiger partial charge in [-0.2, -0.15) is 0 Å². The standard InChI is InChI=1S/C21H13Cl2NS/c22-17-9-6-10-18(23)16(17)13-15(14-7-2-1-3-8-14)21-24-19-11-4-5-12-20(19)25-21/h1-13H. The van der Waals surface area contributed by atoms with Crippen molar-refractivity contribution in [2.75, 3.05) is 0 Å². The molecule has 0 spiro atoms. The molecular weight excluding hydrogens is 369 g/mol. The summed E-state index contributed by atoms with van der Waals surface area (Å²) in [6.07, 6.45) is 2.03. The van der Waals surface area contributed by atoms with Crippen molar-refractivity contribution in [2.45, 2.75) is 0 Å². The van der Waals surface area contributed by atoms with Crippen molar-refractivity contribution in [3.05, 3.63) is 99.0 Å². The lowest BCUT2D eigenvalue weighted by Gasteiger charge is -2.07. The Kier molecular flexibility index (Phi) is 4.58. The minimum atomic E-state index is 0.627. The van der Waals surface area contributed by atoms with Crippen molar-refractivity contribution in [1.29, 1.82) is 0 Å². The molecule has 0 fully saturated rings. The highest BCUT2D eigenvalue weighted by Crippen LogP contribution is 2.35. The highest BCUT2D eigenvalue weighted by Gasteiger charge is 2.13. The molecule has 0 unspecified atom stereocenters. The molecule has 0 aliphatic carbocycles. The molecule has 0 N–H and O–H groups in total. The second-order valence-corrected chi connectivity index (χ2v) is 7.39. The Hall–Kier alpha value is -2.13. The summed E-state index contributed by atoms with van der Waals surface area (Å²) in [5, 5.41) is 2.20. The maximum atomic E-state index is 6.38. The second-order valence-electron chi connectivity index (χ2n) is 5.55. The highest BCUT2D eigenvalue weighted by atomic mass is 35.5. The molecule has 0 bridgehead atoms. The van der Waals surface area contributed by atoms with Gasteiger partial charge in [-0.15, -0.1) is 11.3 Å². The van der Waals surface area contributed by atoms with Gasteiger partial charge in [-0.3, -0.25) is 0 Å². The Balaban J connectivity index is 1.95. The highest BCUT2D eigenvalue weighted by molar-refractivity contribution is 7.19. The number of halogens is 2. The summed E-state index contributed by atoms with van der Waals surface area (Å²) < 4.78 is 1.16. The molecule has 3 aromatic carbocycles. The van der Waals surface area contributed by atoms with Crippen LogP contribution in [0.1, 0.15) is 16.1 Å². The first kappa shape index (κ1) is 16.3. The summed E-state index contributed by atoms with van der Waals surface area (Å²) in [5.41, 5.74) is 3.90. The Morgan fingerprint density at radius 2 is 1.48 bits per heavy atom. The van der Waals surface area contributed by atoms with E-state index in [-0.39, 0.29) is 0 Å². The van der Waals surface area contributed by atoms with Crippen molar-refractivity contribution in [1.82, 2.24) is 4.98 Å². The zero-order valence-corrected chi connectivity index (χ0v) is 15.4. The number of benzene rings is 3. The van der Waals surface area contributed by atoms with Gasteiger partial charge in [-0.25, -0.2) is 4.98 Å². The predicted molar refractivity (Wildman–Crippen MR) is 109 cm³/mol. The van der Waals surface area contributed by atoms with E-state index in [0.717, 1.165) is 31.9 Å². The lowest BCUT2D eigenvalue weighted by molar-refractivity contribution is 1.43. The molecular formula is C21H13Cl2NS. The first-order valence-corrected chi connectivity index (χ1v) is 9.37. The zero-order chi connectivity index (χ0) is 17.2. The predicted octanol–water partition coefficient (Wildman–Crippen LogP) is 7.19. The summed E-state index contributed by atoms with van der Waals surface area (Å²) in [6, 6.07) is 23.9. The molecule has 4 rings (SSSR count). The monoisotopic (exact) mass is 381 g/mol. The number of nitrogens with zero attached hydrogens (tertiary/aromatic N) is 1. The molecule has 0 atom stereocenters. The number of thiazole rings is 1. The van der Waals surface area contributed by atoms with E-state index in [0.29, 0.717) is 10.0 Å². The van der Waals surface area contributed by atoms with Gasteiger partial charge in [-0.1, -0.05) is 71.7 Å². The average Bonchev–Trinajstić information content (AvgIpc) is 3.06. The Bertz CT molecular complexity index is 1010. The van der Waals surface area contributed by atoms with Crippen LogP contribution < -0.4 is 0 Å². The van der Waals surface area contributed by atoms with Crippen LogP contribution in [0.25, 0.3) is 21.9 Å². The molecule has 1 heterocycles. The van der Waals surface area contributed by atoms with Crippen molar-refractivity contribution < 1.29 is 0 Å². The van der Waals surface area contributed by atoms with E-state index in [2.05, 4.69) is 18.2 Å². The van der Waals surface area contributed by atoms with Gasteiger partial charge in [0.2, 0.25) is 0 Å². The lowest BCUT2D eigenvalue weighted by Crippen LogP contribution is -1.88. The van der Waals surface area contributed by atoms with Gasteiger partial charge in [0.15, 0.2) is 0 Å². The van der Waals surface area contributed by atoms with E-state index in [4.69, 9.17) is 28.2 Å². The number of aromatic nitrogens is 1. The molecule has 0 saturated heterocycles. The van der Waals surface area contributed by atoms with Gasteiger partial charge in [0.25, 0.3) is 0 Å². The molecule has 0 saturated carbocycles. The third-order valence-corrected chi connectivity index (χ3v) is 5.63. The molecule has 0 aliphatic rings. The molecule has 1 nitrogen and oxygen atoms in total. The smallest absolute Gasteiger partial charge is 0.125 e. The van der Waals surface area contributed by atoms with E-state index >= 15 is 0 Å². The van der Waals surface area contributed by atoms with Crippen LogP contribution in [0.4, 0.5) is 0 Å². The number of hydrogen-bond donors (Lipinski definition) is 0. The van der Waals surface area contributed by atoms with Crippen molar-refractivity contribution >= 4 is 56.4 Å². The normalized spacial score (nSPS) is 11.8. The van der Waals surface area contributed by atoms with Gasteiger partial charge in [0.05, 0.1) is 10.2 Å². The topological polar surface area (TPSA) is 12.9 Å². The summed E-state index contributed by atoms with van der Waals surface area (Å²) >= 11 is 14.4. The number of para-hydroxylation sites is 1. The SMILES string of the molecule is Clc1cccc(Cl)c1C=C(c1ccccc1)c1nc2ccccc2s1. The first-order valence-electron chi connectivity index (χ1n) is 7.79. The largest absolute Gasteiger partial charge is 0.236 e. The van der Waals surface area contributed by atoms with E-state index in [1.807, 2.05) is 60.7 Å². The summed E-state index contributed by atoms with van der Waals surface area (Å²) in [5.74, 6) is 0. The fourth-order valence-corrected chi connectivity index (χ4v) is 4.18. The van der Waals surface area contributed by atoms with Crippen LogP contribution in [0.15, 0.2) is 72.8 Å². The maximum Gasteiger partial charge on any atom is 0.125 e. The van der Waals surface area contributed by atoms with E-state index in [1.165, 1.54) is 0 Å². The van der Waals surface area contributed by atoms with Crippen LogP contribution in [0.2, 0.25) is 10.0 Å². The fraction of sp³-hybridized carbons (Fsp3) is 0. The van der Waals surface area contributed by atoms with Crippen molar-refractivity contribution in [3.63, 3.8) is 0 Å². The van der Waals surface area contributed by atoms with Gasteiger partial charge < -0.3 is 0 Å². The Labute approximate surface area is 160 Å². The number of rotatable bonds is 3. The third kappa shape index (κ3) is 3.34. The minimum Gasteiger partial charge on any atom is -0.236 e. The fourth-order valence-electron chi connectivity index (χ4n) is 2.67. The molecule has 122 valence electrons. The summed E-state index contributed by atoms with van der Waals surface area (Å²) in [7, 11) is 0. The van der Waals surface area contributed by atoms with E-state index < -0.39 is 0 Å². The van der Waals surface area contributed by atoms with Gasteiger partial charge in [0, 0.05) is 21.2 Å². The van der Waals surface area contributed by atoms with E-state index in [1.54, 1.807) is 11.3 Å². The van der Waals surface area contributed by atoms with E-state index in [9.17, 15) is 0 Å². The second kappa shape index (κ2) is 7.01. The molecule has 0 amide bonds. The van der Waals surface area contributed by atoms with Crippen LogP contribution >= 0.6 is 34.5 Å². The first-order chi connectivity index (χ1) is 12.2. The molecule has 0 radical (unpaired) electrons. The molecule has 1 aromatic heterocycles. The van der Waals surface area contributed by atoms with Crippen LogP contribution in [0, 0.1) is 0 Å². The quantitative estimate of drug-likeness (QED) is 0.342. The van der Waals surface area contributed by atoms with Gasteiger partial charge in [0.1, 0.15) is 5.01 Å². The van der Waals surface area contributed by atoms with Gasteiger partial charge >= 0.3 is 0 Å². The third-order valence-electron chi connectivity index (χ3n) is 3.90. The summed E-state index contributed by atoms with van der Waals surface area (Å²) in [6.45, 7) is 0. The number of hydrogen-bond acceptors (Lipinski definition) is 2. The van der Waals surface area contributed by atoms with Crippen molar-refractivity contribution in [2.24, 2.45) is 0 Å². The number of fused-ring (bicyclic) bond motifs is 1. The Morgan fingerprint density at radius 3 is 2.20 bits per heavy atom. The van der Waals surface area contributed by atoms with Crippen LogP contribution in [-0.4, -0.2) is 4.98 Å². The van der Waals surface area contributed by atoms with Crippen LogP contribution in [0.3, 0.4) is 0 Å². The Morgan fingerprint density at radius 1 is 0.800 bits per heavy atom. The average molecular weight is 382 g/mol.